The molecule has 1 aromatic carbocycles. The second-order valence-corrected chi connectivity index (χ2v) is 24.8. The minimum absolute atomic E-state index is 0.0000204. The molecule has 34 heteroatoms. The number of aliphatic imine (C=N–C) groups is 1. The third-order valence-corrected chi connectivity index (χ3v) is 14.5. The average Bonchev–Trinajstić information content (AvgIpc) is 0.990. The number of primary amides is 1. The summed E-state index contributed by atoms with van der Waals surface area (Å²) in [4.78, 5) is 192. The lowest BCUT2D eigenvalue weighted by Gasteiger charge is -2.28. The first-order valence-electron chi connectivity index (χ1n) is 31.6. The Kier molecular flexibility index (Phi) is 38.7. The van der Waals surface area contributed by atoms with E-state index in [0.29, 0.717) is 12.0 Å². The fourth-order valence-corrected chi connectivity index (χ4v) is 9.51. The second-order valence-electron chi connectivity index (χ2n) is 24.8. The standard InChI is InChI=1S/C61H102N16O18/c1-31(2)25-36(63)50(84)68-38(18-14-24-67-61(65)66)52(86)72-41(26-32(3)4)55(89)75-44(29-48(82)83)57(91)74-43(28-35-15-10-9-11-16-35)56(90)76-45(30-78)59(93)71-40(20-22-47(80)81)53(87)69-37(17-12-13-23-62)51(85)70-39(19-21-46(64)79)54(88)73-42(27-33(5)6)58(92)77-49(34(7)8)60(94)95/h9-11,15-16,31-34,36-45,49,78H,12-14,17-30,62-63H2,1-8H3,(H2,64,79)(H,68,84)(H,69,87)(H,70,85)(H,71,93)(H,72,86)(H,73,88)(H,74,91)(H,75,89)(H,76,90)(H,77,92)(H,80,81)(H,82,83)(H,94,95)(H4,65,66,67)/t36-,37-,38-,39-,40-,41-,42-,43-,44-,45-,49-/m0/s1. The molecule has 0 unspecified atom stereocenters. The number of carbonyl (C=O) groups excluding carboxylic acids is 11. The molecular weight excluding hydrogens is 1240 g/mol. The van der Waals surface area contributed by atoms with Crippen molar-refractivity contribution in [3.8, 4) is 0 Å². The molecule has 11 atom stereocenters. The van der Waals surface area contributed by atoms with Crippen LogP contribution in [0.25, 0.3) is 0 Å². The predicted molar refractivity (Wildman–Crippen MR) is 346 cm³/mol. The number of benzene rings is 1. The van der Waals surface area contributed by atoms with Crippen molar-refractivity contribution in [2.24, 2.45) is 57.3 Å². The Hall–Kier alpha value is -9.05. The Labute approximate surface area is 552 Å². The number of nitrogens with zero attached hydrogens (tertiary/aromatic N) is 1. The molecule has 1 aromatic rings. The number of hydrogen-bond donors (Lipinski definition) is 19. The number of unbranched alkanes of at least 4 members (excludes halogenated alkanes) is 1. The van der Waals surface area contributed by atoms with E-state index in [9.17, 15) is 87.5 Å². The number of amides is 11. The Morgan fingerprint density at radius 3 is 1.26 bits per heavy atom. The lowest BCUT2D eigenvalue weighted by atomic mass is 9.99. The Morgan fingerprint density at radius 2 is 0.832 bits per heavy atom. The van der Waals surface area contributed by atoms with Gasteiger partial charge in [-0.2, -0.15) is 0 Å². The molecule has 95 heavy (non-hydrogen) atoms. The van der Waals surface area contributed by atoms with Crippen LogP contribution in [0.2, 0.25) is 0 Å². The topological polar surface area (TPSA) is 583 Å². The molecule has 1 rings (SSSR count). The number of aliphatic hydroxyl groups excluding tert-OH is 1. The van der Waals surface area contributed by atoms with E-state index >= 15 is 0 Å². The molecule has 0 heterocycles. The van der Waals surface area contributed by atoms with Gasteiger partial charge in [-0.25, -0.2) is 4.79 Å². The van der Waals surface area contributed by atoms with E-state index in [1.165, 1.54) is 0 Å². The fraction of sp³-hybridized carbons (Fsp3) is 0.656. The van der Waals surface area contributed by atoms with E-state index in [-0.39, 0.29) is 88.2 Å². The van der Waals surface area contributed by atoms with Crippen molar-refractivity contribution in [1.29, 1.82) is 0 Å². The minimum Gasteiger partial charge on any atom is -0.481 e. The first-order chi connectivity index (χ1) is 44.5. The number of rotatable bonds is 47. The van der Waals surface area contributed by atoms with Crippen LogP contribution in [0.3, 0.4) is 0 Å². The molecule has 0 aliphatic rings. The maximum atomic E-state index is 14.3. The van der Waals surface area contributed by atoms with Crippen molar-refractivity contribution in [1.82, 2.24) is 53.2 Å². The van der Waals surface area contributed by atoms with Gasteiger partial charge in [-0.1, -0.05) is 85.7 Å². The highest BCUT2D eigenvalue weighted by molar-refractivity contribution is 6.00. The molecule has 534 valence electrons. The van der Waals surface area contributed by atoms with Gasteiger partial charge in [-0.05, 0) is 100.0 Å². The fourth-order valence-electron chi connectivity index (χ4n) is 9.51. The summed E-state index contributed by atoms with van der Waals surface area (Å²) in [5.74, 6) is -16.9. The molecule has 0 spiro atoms. The highest BCUT2D eigenvalue weighted by Gasteiger charge is 2.38. The third-order valence-electron chi connectivity index (χ3n) is 14.5. The van der Waals surface area contributed by atoms with Gasteiger partial charge in [0.15, 0.2) is 5.96 Å². The zero-order chi connectivity index (χ0) is 72.2. The van der Waals surface area contributed by atoms with Gasteiger partial charge in [0.2, 0.25) is 65.0 Å². The predicted octanol–water partition coefficient (Wildman–Crippen LogP) is -3.94. The first kappa shape index (κ1) is 84.0. The van der Waals surface area contributed by atoms with Gasteiger partial charge < -0.3 is 102 Å². The van der Waals surface area contributed by atoms with E-state index in [1.54, 1.807) is 71.9 Å². The molecule has 0 aliphatic carbocycles. The Balaban J connectivity index is 3.68. The Morgan fingerprint density at radius 1 is 0.442 bits per heavy atom. The van der Waals surface area contributed by atoms with E-state index in [4.69, 9.17) is 28.7 Å². The number of aliphatic carboxylic acids is 3. The van der Waals surface area contributed by atoms with Crippen LogP contribution >= 0.6 is 0 Å². The van der Waals surface area contributed by atoms with Crippen LogP contribution in [-0.2, 0) is 73.5 Å². The summed E-state index contributed by atoms with van der Waals surface area (Å²) in [5.41, 5.74) is 28.5. The maximum Gasteiger partial charge on any atom is 0.326 e. The summed E-state index contributed by atoms with van der Waals surface area (Å²) in [6.07, 6.45) is -3.13. The van der Waals surface area contributed by atoms with Gasteiger partial charge in [-0.15, -0.1) is 0 Å². The SMILES string of the molecule is CC(C)C[C@H](NC(=O)[C@H](CCCN=C(N)N)NC(=O)[C@@H](N)CC(C)C)C(=O)N[C@@H](CC(=O)O)C(=O)N[C@@H](Cc1ccccc1)C(=O)N[C@@H](CO)C(=O)N[C@@H](CCC(=O)O)C(=O)N[C@@H](CCCCN)C(=O)N[C@@H](CCC(N)=O)C(=O)N[C@@H](CC(C)C)C(=O)N[C@H](C(=O)O)C(C)C. The van der Waals surface area contributed by atoms with Crippen molar-refractivity contribution in [2.75, 3.05) is 19.7 Å². The minimum atomic E-state index is -1.98. The maximum absolute atomic E-state index is 14.3. The van der Waals surface area contributed by atoms with E-state index < -0.39 is 194 Å². The van der Waals surface area contributed by atoms with Crippen LogP contribution in [0.4, 0.5) is 0 Å². The summed E-state index contributed by atoms with van der Waals surface area (Å²) >= 11 is 0. The number of guanidine groups is 1. The summed E-state index contributed by atoms with van der Waals surface area (Å²) in [7, 11) is 0. The lowest BCUT2D eigenvalue weighted by molar-refractivity contribution is -0.143. The molecule has 0 bridgehead atoms. The lowest BCUT2D eigenvalue weighted by Crippen LogP contribution is -2.61. The number of hydrogen-bond acceptors (Lipinski definition) is 18. The van der Waals surface area contributed by atoms with Gasteiger partial charge >= 0.3 is 17.9 Å². The van der Waals surface area contributed by atoms with Crippen molar-refractivity contribution in [2.45, 2.75) is 212 Å². The number of carboxylic acid groups (broad SMARTS) is 3. The van der Waals surface area contributed by atoms with Crippen molar-refractivity contribution in [3.63, 3.8) is 0 Å². The second kappa shape index (κ2) is 43.8. The van der Waals surface area contributed by atoms with Crippen molar-refractivity contribution < 1.29 is 87.5 Å². The number of carbonyl (C=O) groups is 14. The smallest absolute Gasteiger partial charge is 0.326 e. The summed E-state index contributed by atoms with van der Waals surface area (Å²) < 4.78 is 0. The van der Waals surface area contributed by atoms with E-state index in [2.05, 4.69) is 58.2 Å². The van der Waals surface area contributed by atoms with Gasteiger partial charge in [0.1, 0.15) is 60.4 Å². The molecule has 0 aliphatic heterocycles. The van der Waals surface area contributed by atoms with Crippen LogP contribution in [0, 0.1) is 23.7 Å². The molecule has 0 saturated carbocycles. The largest absolute Gasteiger partial charge is 0.481 e. The first-order valence-corrected chi connectivity index (χ1v) is 31.6. The van der Waals surface area contributed by atoms with Crippen LogP contribution < -0.4 is 81.8 Å². The van der Waals surface area contributed by atoms with Gasteiger partial charge in [-0.3, -0.25) is 67.3 Å². The van der Waals surface area contributed by atoms with Crippen LogP contribution in [0.1, 0.15) is 144 Å². The number of aliphatic hydroxyl groups is 1. The van der Waals surface area contributed by atoms with E-state index in [0.717, 1.165) is 0 Å². The van der Waals surface area contributed by atoms with E-state index in [1.807, 2.05) is 13.8 Å². The zero-order valence-electron chi connectivity index (χ0n) is 55.4. The third kappa shape index (κ3) is 34.1. The number of nitrogens with two attached hydrogens (primary N) is 5. The monoisotopic (exact) mass is 1350 g/mol. The number of nitrogens with one attached hydrogen (secondary N) is 10. The molecule has 0 saturated heterocycles. The normalized spacial score (nSPS) is 14.7. The summed E-state index contributed by atoms with van der Waals surface area (Å²) in [6, 6.07) is -9.16. The van der Waals surface area contributed by atoms with Crippen LogP contribution in [0.5, 0.6) is 0 Å². The van der Waals surface area contributed by atoms with Gasteiger partial charge in [0.05, 0.1) is 19.1 Å². The molecule has 24 N–H and O–H groups in total. The molecule has 34 nitrogen and oxygen atoms in total. The van der Waals surface area contributed by atoms with Crippen molar-refractivity contribution >= 4 is 88.8 Å². The Bertz CT molecular complexity index is 2770. The highest BCUT2D eigenvalue weighted by atomic mass is 16.4. The molecular formula is C61H102N16O18. The molecule has 0 fully saturated rings. The number of carboxylic acids is 3. The van der Waals surface area contributed by atoms with Crippen molar-refractivity contribution in [3.05, 3.63) is 35.9 Å². The summed E-state index contributed by atoms with van der Waals surface area (Å²) in [6.45, 7) is 12.7. The zero-order valence-corrected chi connectivity index (χ0v) is 55.4. The molecule has 0 aromatic heterocycles. The quantitative estimate of drug-likeness (QED) is 0.0168. The van der Waals surface area contributed by atoms with Crippen LogP contribution in [-0.4, -0.2) is 195 Å². The average molecular weight is 1350 g/mol. The van der Waals surface area contributed by atoms with Gasteiger partial charge in [0.25, 0.3) is 0 Å². The highest BCUT2D eigenvalue weighted by Crippen LogP contribution is 2.14. The van der Waals surface area contributed by atoms with Gasteiger partial charge in [0, 0.05) is 25.8 Å². The molecule has 11 amide bonds. The summed E-state index contributed by atoms with van der Waals surface area (Å²) in [5, 5.41) is 64.3. The van der Waals surface area contributed by atoms with Crippen LogP contribution in [0.15, 0.2) is 35.3 Å². The molecule has 0 radical (unpaired) electrons.